The van der Waals surface area contributed by atoms with E-state index >= 15 is 0 Å². The fourth-order valence-electron chi connectivity index (χ4n) is 2.58. The number of aromatic nitrogens is 1. The summed E-state index contributed by atoms with van der Waals surface area (Å²) in [7, 11) is 2.08. The highest BCUT2D eigenvalue weighted by Crippen LogP contribution is 2.54. The van der Waals surface area contributed by atoms with E-state index < -0.39 is 0 Å². The molecule has 1 aromatic rings. The van der Waals surface area contributed by atoms with Crippen LogP contribution in [0.25, 0.3) is 0 Å². The molecule has 1 aliphatic rings. The third kappa shape index (κ3) is 2.94. The number of nitrogens with zero attached hydrogens (tertiary/aromatic N) is 1. The van der Waals surface area contributed by atoms with Gasteiger partial charge in [-0.2, -0.15) is 0 Å². The van der Waals surface area contributed by atoms with Crippen molar-refractivity contribution in [2.75, 3.05) is 7.05 Å². The topological polar surface area (TPSA) is 24.9 Å². The fourth-order valence-corrected chi connectivity index (χ4v) is 3.66. The zero-order chi connectivity index (χ0) is 13.6. The Morgan fingerprint density at radius 3 is 2.50 bits per heavy atom. The van der Waals surface area contributed by atoms with Gasteiger partial charge in [0, 0.05) is 23.3 Å². The van der Waals surface area contributed by atoms with Crippen molar-refractivity contribution in [1.82, 2.24) is 10.3 Å². The van der Waals surface area contributed by atoms with Gasteiger partial charge in [0.25, 0.3) is 0 Å². The normalized spacial score (nSPS) is 24.0. The molecule has 3 heteroatoms. The lowest BCUT2D eigenvalue weighted by Crippen LogP contribution is -2.31. The Balaban J connectivity index is 2.03. The lowest BCUT2D eigenvalue weighted by molar-refractivity contribution is 0.425. The van der Waals surface area contributed by atoms with Crippen LogP contribution in [-0.2, 0) is 11.8 Å². The monoisotopic (exact) mass is 266 g/mol. The zero-order valence-electron chi connectivity index (χ0n) is 12.5. The van der Waals surface area contributed by atoms with Crippen molar-refractivity contribution >= 4 is 11.3 Å². The van der Waals surface area contributed by atoms with E-state index in [4.69, 9.17) is 4.98 Å². The van der Waals surface area contributed by atoms with Gasteiger partial charge in [-0.05, 0) is 24.8 Å². The molecule has 0 amide bonds. The average Bonchev–Trinajstić information content (AvgIpc) is 2.71. The van der Waals surface area contributed by atoms with Crippen LogP contribution in [0.5, 0.6) is 0 Å². The minimum Gasteiger partial charge on any atom is -0.316 e. The summed E-state index contributed by atoms with van der Waals surface area (Å²) in [5.74, 6) is 0.810. The van der Waals surface area contributed by atoms with E-state index in [0.29, 0.717) is 11.5 Å². The fraction of sp³-hybridized carbons (Fsp3) is 0.800. The molecule has 2 unspecified atom stereocenters. The van der Waals surface area contributed by atoms with Gasteiger partial charge in [0.1, 0.15) is 0 Å². The molecule has 0 bridgehead atoms. The van der Waals surface area contributed by atoms with Gasteiger partial charge in [0.05, 0.1) is 10.7 Å². The molecule has 0 radical (unpaired) electrons. The zero-order valence-corrected chi connectivity index (χ0v) is 13.3. The summed E-state index contributed by atoms with van der Waals surface area (Å²) in [5.41, 5.74) is 1.92. The van der Waals surface area contributed by atoms with Crippen LogP contribution < -0.4 is 5.32 Å². The Morgan fingerprint density at radius 1 is 1.50 bits per heavy atom. The molecule has 18 heavy (non-hydrogen) atoms. The maximum atomic E-state index is 4.81. The molecule has 102 valence electrons. The molecule has 0 aliphatic heterocycles. The van der Waals surface area contributed by atoms with Crippen LogP contribution in [0, 0.1) is 11.3 Å². The standard InChI is InChI=1S/C15H26N2S/c1-14(2,3)12-9-18-13(17-12)7-11(16-6)10-8-15(10,4)5/h9-11,16H,7-8H2,1-6H3. The second kappa shape index (κ2) is 4.61. The summed E-state index contributed by atoms with van der Waals surface area (Å²) in [6, 6.07) is 0.582. The third-order valence-corrected chi connectivity index (χ3v) is 5.03. The van der Waals surface area contributed by atoms with Gasteiger partial charge in [-0.1, -0.05) is 34.6 Å². The van der Waals surface area contributed by atoms with Crippen molar-refractivity contribution in [1.29, 1.82) is 0 Å². The first kappa shape index (κ1) is 14.0. The molecule has 2 nitrogen and oxygen atoms in total. The van der Waals surface area contributed by atoms with Crippen molar-refractivity contribution in [2.45, 2.75) is 58.9 Å². The van der Waals surface area contributed by atoms with Crippen molar-refractivity contribution in [2.24, 2.45) is 11.3 Å². The summed E-state index contributed by atoms with van der Waals surface area (Å²) in [6.07, 6.45) is 2.42. The van der Waals surface area contributed by atoms with Crippen LogP contribution in [0.1, 0.15) is 51.7 Å². The van der Waals surface area contributed by atoms with Gasteiger partial charge in [-0.3, -0.25) is 0 Å². The Labute approximate surface area is 115 Å². The van der Waals surface area contributed by atoms with Gasteiger partial charge in [-0.15, -0.1) is 11.3 Å². The maximum absolute atomic E-state index is 4.81. The Hall–Kier alpha value is -0.410. The summed E-state index contributed by atoms with van der Waals surface area (Å²) in [5, 5.41) is 6.98. The number of hydrogen-bond acceptors (Lipinski definition) is 3. The van der Waals surface area contributed by atoms with Crippen LogP contribution in [0.4, 0.5) is 0 Å². The van der Waals surface area contributed by atoms with E-state index in [0.717, 1.165) is 12.3 Å². The van der Waals surface area contributed by atoms with E-state index in [1.807, 2.05) is 11.3 Å². The highest BCUT2D eigenvalue weighted by Gasteiger charge is 2.49. The lowest BCUT2D eigenvalue weighted by atomic mass is 9.93. The van der Waals surface area contributed by atoms with Gasteiger partial charge >= 0.3 is 0 Å². The number of likely N-dealkylation sites (N-methyl/N-ethyl adjacent to an activating group) is 1. The van der Waals surface area contributed by atoms with Gasteiger partial charge in [-0.25, -0.2) is 4.98 Å². The molecule has 0 saturated heterocycles. The van der Waals surface area contributed by atoms with Crippen LogP contribution >= 0.6 is 11.3 Å². The molecule has 0 spiro atoms. The minimum absolute atomic E-state index is 0.169. The molecule has 1 aromatic heterocycles. The number of hydrogen-bond donors (Lipinski definition) is 1. The molecule has 1 saturated carbocycles. The van der Waals surface area contributed by atoms with Crippen molar-refractivity contribution in [3.05, 3.63) is 16.1 Å². The van der Waals surface area contributed by atoms with Gasteiger partial charge in [0.2, 0.25) is 0 Å². The predicted molar refractivity (Wildman–Crippen MR) is 79.3 cm³/mol. The number of thiazole rings is 1. The average molecular weight is 266 g/mol. The second-order valence-corrected chi connectivity index (χ2v) is 8.22. The van der Waals surface area contributed by atoms with Crippen LogP contribution in [0.3, 0.4) is 0 Å². The number of nitrogens with one attached hydrogen (secondary N) is 1. The van der Waals surface area contributed by atoms with Gasteiger partial charge in [0.15, 0.2) is 0 Å². The SMILES string of the molecule is CNC(Cc1nc(C(C)(C)C)cs1)C1CC1(C)C. The molecule has 1 N–H and O–H groups in total. The summed E-state index contributed by atoms with van der Waals surface area (Å²) in [4.78, 5) is 4.81. The molecule has 1 heterocycles. The molecule has 2 rings (SSSR count). The second-order valence-electron chi connectivity index (χ2n) is 7.27. The first-order valence-electron chi connectivity index (χ1n) is 6.86. The van der Waals surface area contributed by atoms with Crippen molar-refractivity contribution in [3.63, 3.8) is 0 Å². The summed E-state index contributed by atoms with van der Waals surface area (Å²) in [6.45, 7) is 11.4. The van der Waals surface area contributed by atoms with Crippen LogP contribution in [0.15, 0.2) is 5.38 Å². The Morgan fingerprint density at radius 2 is 2.11 bits per heavy atom. The minimum atomic E-state index is 0.169. The van der Waals surface area contributed by atoms with E-state index in [2.05, 4.69) is 52.4 Å². The third-order valence-electron chi connectivity index (χ3n) is 4.16. The first-order valence-corrected chi connectivity index (χ1v) is 7.74. The highest BCUT2D eigenvalue weighted by molar-refractivity contribution is 7.09. The smallest absolute Gasteiger partial charge is 0.0944 e. The molecule has 2 atom stereocenters. The maximum Gasteiger partial charge on any atom is 0.0944 e. The number of rotatable bonds is 4. The van der Waals surface area contributed by atoms with E-state index in [-0.39, 0.29) is 5.41 Å². The highest BCUT2D eigenvalue weighted by atomic mass is 32.1. The molecule has 1 fully saturated rings. The van der Waals surface area contributed by atoms with Crippen LogP contribution in [0.2, 0.25) is 0 Å². The molecular weight excluding hydrogens is 240 g/mol. The van der Waals surface area contributed by atoms with E-state index in [9.17, 15) is 0 Å². The quantitative estimate of drug-likeness (QED) is 0.900. The largest absolute Gasteiger partial charge is 0.316 e. The van der Waals surface area contributed by atoms with Crippen molar-refractivity contribution in [3.8, 4) is 0 Å². The summed E-state index contributed by atoms with van der Waals surface area (Å²) >= 11 is 1.81. The lowest BCUT2D eigenvalue weighted by Gasteiger charge is -2.17. The Bertz CT molecular complexity index is 414. The Kier molecular flexibility index (Phi) is 3.58. The molecule has 0 aromatic carbocycles. The van der Waals surface area contributed by atoms with Crippen molar-refractivity contribution < 1.29 is 0 Å². The summed E-state index contributed by atoms with van der Waals surface area (Å²) < 4.78 is 0. The van der Waals surface area contributed by atoms with E-state index in [1.54, 1.807) is 0 Å². The predicted octanol–water partition coefficient (Wildman–Crippen LogP) is 3.62. The van der Waals surface area contributed by atoms with E-state index in [1.165, 1.54) is 17.1 Å². The first-order chi connectivity index (χ1) is 8.24. The van der Waals surface area contributed by atoms with Gasteiger partial charge < -0.3 is 5.32 Å². The molecular formula is C15H26N2S. The molecule has 1 aliphatic carbocycles. The van der Waals surface area contributed by atoms with Crippen LogP contribution in [-0.4, -0.2) is 18.1 Å².